The van der Waals surface area contributed by atoms with Crippen molar-refractivity contribution in [3.05, 3.63) is 5.53 Å². The number of hydrogen-bond acceptors (Lipinski definition) is 4. The van der Waals surface area contributed by atoms with Gasteiger partial charge < -0.3 is 15.6 Å². The number of carbonyl (C=O) groups excluding carboxylic acids is 3. The summed E-state index contributed by atoms with van der Waals surface area (Å²) in [6, 6.07) is -1.81. The lowest BCUT2D eigenvalue weighted by Crippen LogP contribution is -2.48. The number of nitrogens with zero attached hydrogens (tertiary/aromatic N) is 2. The number of nitrogens with one attached hydrogen (secondary N) is 1. The van der Waals surface area contributed by atoms with Crippen LogP contribution < -0.4 is 5.32 Å². The summed E-state index contributed by atoms with van der Waals surface area (Å²) in [4.78, 5) is 34.9. The van der Waals surface area contributed by atoms with Crippen molar-refractivity contribution < 1.29 is 37.1 Å². The van der Waals surface area contributed by atoms with Gasteiger partial charge >= 0.3 is 24.3 Å². The molecule has 0 unspecified atom stereocenters. The van der Waals surface area contributed by atoms with Crippen molar-refractivity contribution in [1.82, 2.24) is 5.32 Å². The molecular formula is C8H8F3N3O4. The summed E-state index contributed by atoms with van der Waals surface area (Å²) in [7, 11) is 0.875. The molecule has 0 aliphatic rings. The van der Waals surface area contributed by atoms with Gasteiger partial charge in [0, 0.05) is 6.42 Å². The van der Waals surface area contributed by atoms with E-state index in [1.165, 1.54) is 5.32 Å². The molecule has 0 rings (SSSR count). The number of halogens is 3. The molecule has 0 aromatic rings. The minimum absolute atomic E-state index is 0.385. The Morgan fingerprint density at radius 1 is 1.44 bits per heavy atom. The molecule has 0 saturated heterocycles. The van der Waals surface area contributed by atoms with E-state index >= 15 is 0 Å². The molecule has 18 heavy (non-hydrogen) atoms. The van der Waals surface area contributed by atoms with Crippen molar-refractivity contribution in [3.8, 4) is 0 Å². The Labute approximate surface area is 98.5 Å². The quantitative estimate of drug-likeness (QED) is 0.312. The second kappa shape index (κ2) is 6.50. The molecule has 0 aliphatic heterocycles. The predicted molar refractivity (Wildman–Crippen MR) is 49.3 cm³/mol. The highest BCUT2D eigenvalue weighted by molar-refractivity contribution is 6.26. The second-order valence-electron chi connectivity index (χ2n) is 2.96. The molecule has 0 aromatic heterocycles. The minimum atomic E-state index is -5.19. The molecule has 10 heteroatoms. The van der Waals surface area contributed by atoms with Crippen LogP contribution in [0.25, 0.3) is 5.53 Å². The lowest BCUT2D eigenvalue weighted by Gasteiger charge is -2.15. The van der Waals surface area contributed by atoms with Crippen molar-refractivity contribution in [2.75, 3.05) is 7.11 Å². The van der Waals surface area contributed by atoms with Crippen molar-refractivity contribution in [3.63, 3.8) is 0 Å². The van der Waals surface area contributed by atoms with Gasteiger partial charge in [0.15, 0.2) is 0 Å². The molecule has 0 aliphatic carbocycles. The zero-order chi connectivity index (χ0) is 14.3. The SMILES string of the molecule is COC(=O)[C@H](CC(=O)C=[N+]=[N-])NC(=O)C(F)(F)F. The monoisotopic (exact) mass is 267 g/mol. The standard InChI is InChI=1S/C8H8F3N3O4/c1-18-6(16)5(2-4(15)3-13-12)14-7(17)8(9,10)11/h3,5H,2H2,1H3,(H,14,17)/t5-/m0/s1. The van der Waals surface area contributed by atoms with E-state index in [4.69, 9.17) is 5.53 Å². The Kier molecular flexibility index (Phi) is 5.70. The number of ketones is 1. The molecule has 0 aromatic carbocycles. The number of alkyl halides is 3. The van der Waals surface area contributed by atoms with Gasteiger partial charge in [-0.2, -0.15) is 18.0 Å². The fourth-order valence-corrected chi connectivity index (χ4v) is 0.894. The van der Waals surface area contributed by atoms with Crippen LogP contribution in [0.3, 0.4) is 0 Å². The summed E-state index contributed by atoms with van der Waals surface area (Å²) < 4.78 is 40.0. The molecule has 0 heterocycles. The number of rotatable bonds is 5. The summed E-state index contributed by atoms with van der Waals surface area (Å²) >= 11 is 0. The van der Waals surface area contributed by atoms with Gasteiger partial charge in [0.2, 0.25) is 5.78 Å². The average molecular weight is 267 g/mol. The Morgan fingerprint density at radius 2 is 2.00 bits per heavy atom. The van der Waals surface area contributed by atoms with Crippen LogP contribution in [0.15, 0.2) is 0 Å². The maximum absolute atomic E-state index is 11.9. The average Bonchev–Trinajstić information content (AvgIpc) is 2.26. The zero-order valence-corrected chi connectivity index (χ0v) is 9.02. The Morgan fingerprint density at radius 3 is 2.39 bits per heavy atom. The third kappa shape index (κ3) is 5.21. The van der Waals surface area contributed by atoms with E-state index in [0.717, 1.165) is 7.11 Å². The first-order valence-corrected chi connectivity index (χ1v) is 4.38. The topological polar surface area (TPSA) is 109 Å². The van der Waals surface area contributed by atoms with Crippen LogP contribution >= 0.6 is 0 Å². The molecule has 0 spiro atoms. The van der Waals surface area contributed by atoms with Crippen molar-refractivity contribution in [1.29, 1.82) is 0 Å². The van der Waals surface area contributed by atoms with E-state index in [-0.39, 0.29) is 0 Å². The fourth-order valence-electron chi connectivity index (χ4n) is 0.894. The van der Waals surface area contributed by atoms with Gasteiger partial charge in [0.05, 0.1) is 7.11 Å². The van der Waals surface area contributed by atoms with E-state index in [0.29, 0.717) is 6.21 Å². The minimum Gasteiger partial charge on any atom is -0.467 e. The number of methoxy groups -OCH3 is 1. The predicted octanol–water partition coefficient (Wildman–Crippen LogP) is -0.534. The molecule has 0 saturated carbocycles. The summed E-state index contributed by atoms with van der Waals surface area (Å²) in [5.74, 6) is -4.57. The molecule has 0 radical (unpaired) electrons. The largest absolute Gasteiger partial charge is 0.471 e. The van der Waals surface area contributed by atoms with E-state index in [9.17, 15) is 27.6 Å². The Bertz CT molecular complexity index is 401. The highest BCUT2D eigenvalue weighted by atomic mass is 19.4. The van der Waals surface area contributed by atoms with E-state index in [1.54, 1.807) is 0 Å². The number of carbonyl (C=O) groups is 3. The van der Waals surface area contributed by atoms with Crippen LogP contribution in [0.5, 0.6) is 0 Å². The Hall–Kier alpha value is -2.22. The van der Waals surface area contributed by atoms with E-state index < -0.39 is 36.3 Å². The summed E-state index contributed by atoms with van der Waals surface area (Å²) in [5.41, 5.74) is 8.02. The first-order chi connectivity index (χ1) is 8.22. The molecule has 1 amide bonds. The Balaban J connectivity index is 4.81. The molecule has 0 fully saturated rings. The van der Waals surface area contributed by atoms with Crippen LogP contribution in [0.4, 0.5) is 13.2 Å². The van der Waals surface area contributed by atoms with Gasteiger partial charge in [-0.1, -0.05) is 0 Å². The number of esters is 1. The first kappa shape index (κ1) is 15.8. The fraction of sp³-hybridized carbons (Fsp3) is 0.500. The number of ether oxygens (including phenoxy) is 1. The smallest absolute Gasteiger partial charge is 0.467 e. The van der Waals surface area contributed by atoms with Crippen LogP contribution in [-0.2, 0) is 19.1 Å². The van der Waals surface area contributed by atoms with Gasteiger partial charge in [0.25, 0.3) is 0 Å². The molecule has 100 valence electrons. The van der Waals surface area contributed by atoms with Gasteiger partial charge in [-0.05, 0) is 0 Å². The number of Topliss-reactive ketones (excluding diaryl/α,β-unsaturated/α-hetero) is 1. The van der Waals surface area contributed by atoms with Crippen LogP contribution in [0.1, 0.15) is 6.42 Å². The van der Waals surface area contributed by atoms with Crippen LogP contribution in [0.2, 0.25) is 0 Å². The molecule has 1 atom stereocenters. The highest BCUT2D eigenvalue weighted by Gasteiger charge is 2.41. The van der Waals surface area contributed by atoms with Gasteiger partial charge in [-0.25, -0.2) is 4.79 Å². The molecule has 1 N–H and O–H groups in total. The summed E-state index contributed by atoms with van der Waals surface area (Å²) in [5, 5.41) is 1.29. The number of hydrogen-bond donors (Lipinski definition) is 1. The molecular weight excluding hydrogens is 259 g/mol. The highest BCUT2D eigenvalue weighted by Crippen LogP contribution is 2.15. The third-order valence-corrected chi connectivity index (χ3v) is 1.66. The zero-order valence-electron chi connectivity index (χ0n) is 9.02. The van der Waals surface area contributed by atoms with Gasteiger partial charge in [-0.3, -0.25) is 9.59 Å². The van der Waals surface area contributed by atoms with Crippen molar-refractivity contribution in [2.24, 2.45) is 0 Å². The van der Waals surface area contributed by atoms with Gasteiger partial charge in [0.1, 0.15) is 6.04 Å². The maximum atomic E-state index is 11.9. The lowest BCUT2D eigenvalue weighted by molar-refractivity contribution is -0.175. The van der Waals surface area contributed by atoms with Crippen LogP contribution in [-0.4, -0.2) is 48.0 Å². The van der Waals surface area contributed by atoms with E-state index in [1.807, 2.05) is 0 Å². The molecule has 7 nitrogen and oxygen atoms in total. The van der Waals surface area contributed by atoms with Gasteiger partial charge in [-0.15, -0.1) is 0 Å². The third-order valence-electron chi connectivity index (χ3n) is 1.66. The second-order valence-corrected chi connectivity index (χ2v) is 2.96. The first-order valence-electron chi connectivity index (χ1n) is 4.38. The van der Waals surface area contributed by atoms with E-state index in [2.05, 4.69) is 9.53 Å². The van der Waals surface area contributed by atoms with Crippen molar-refractivity contribution >= 4 is 23.9 Å². The summed E-state index contributed by atoms with van der Waals surface area (Å²) in [6.45, 7) is 0. The maximum Gasteiger partial charge on any atom is 0.471 e. The molecule has 0 bridgehead atoms. The van der Waals surface area contributed by atoms with Crippen LogP contribution in [0, 0.1) is 0 Å². The normalized spacial score (nSPS) is 12.0. The lowest BCUT2D eigenvalue weighted by atomic mass is 10.1. The number of amides is 1. The summed E-state index contributed by atoms with van der Waals surface area (Å²) in [6.07, 6.45) is -5.63. The van der Waals surface area contributed by atoms with Crippen molar-refractivity contribution in [2.45, 2.75) is 18.6 Å².